The van der Waals surface area contributed by atoms with Gasteiger partial charge in [-0.2, -0.15) is 5.10 Å². The molecule has 0 spiro atoms. The van der Waals surface area contributed by atoms with Crippen LogP contribution in [-0.2, 0) is 11.3 Å². The zero-order valence-corrected chi connectivity index (χ0v) is 14.5. The van der Waals surface area contributed by atoms with Crippen molar-refractivity contribution in [3.63, 3.8) is 0 Å². The lowest BCUT2D eigenvalue weighted by molar-refractivity contribution is -0.121. The van der Waals surface area contributed by atoms with Gasteiger partial charge in [-0.15, -0.1) is 0 Å². The topological polar surface area (TPSA) is 76.0 Å². The molecule has 2 N–H and O–H groups in total. The predicted molar refractivity (Wildman–Crippen MR) is 96.6 cm³/mol. The van der Waals surface area contributed by atoms with Crippen molar-refractivity contribution >= 4 is 38.4 Å². The van der Waals surface area contributed by atoms with Gasteiger partial charge in [0.2, 0.25) is 5.43 Å². The molecule has 0 bridgehead atoms. The average molecular weight is 387 g/mol. The van der Waals surface area contributed by atoms with Crippen LogP contribution in [0.5, 0.6) is 0 Å². The SMILES string of the molecule is Cc1cccc(Br)c1NNC(=O)Cn1ncc(=O)c2ccccc21. The Labute approximate surface area is 146 Å². The third-order valence-electron chi connectivity index (χ3n) is 3.60. The fourth-order valence-corrected chi connectivity index (χ4v) is 2.95. The highest BCUT2D eigenvalue weighted by atomic mass is 79.9. The highest BCUT2D eigenvalue weighted by molar-refractivity contribution is 9.10. The number of para-hydroxylation sites is 2. The molecule has 0 unspecified atom stereocenters. The molecule has 122 valence electrons. The first-order chi connectivity index (χ1) is 11.6. The zero-order chi connectivity index (χ0) is 17.1. The third kappa shape index (κ3) is 3.30. The number of hydrogen-bond acceptors (Lipinski definition) is 4. The van der Waals surface area contributed by atoms with Crippen molar-refractivity contribution in [1.29, 1.82) is 0 Å². The molecule has 1 aromatic heterocycles. The van der Waals surface area contributed by atoms with E-state index in [4.69, 9.17) is 0 Å². The van der Waals surface area contributed by atoms with Crippen molar-refractivity contribution in [3.05, 3.63) is 68.9 Å². The van der Waals surface area contributed by atoms with Crippen molar-refractivity contribution in [2.45, 2.75) is 13.5 Å². The molecule has 3 rings (SSSR count). The second kappa shape index (κ2) is 6.84. The van der Waals surface area contributed by atoms with Gasteiger partial charge in [-0.05, 0) is 46.6 Å². The van der Waals surface area contributed by atoms with Gasteiger partial charge in [0.05, 0.1) is 17.4 Å². The van der Waals surface area contributed by atoms with Gasteiger partial charge in [-0.1, -0.05) is 24.3 Å². The third-order valence-corrected chi connectivity index (χ3v) is 4.27. The number of benzene rings is 2. The molecular formula is C17H15BrN4O2. The number of carbonyl (C=O) groups excluding carboxylic acids is 1. The number of halogens is 1. The molecule has 7 heteroatoms. The number of rotatable bonds is 4. The Bertz CT molecular complexity index is 948. The van der Waals surface area contributed by atoms with Gasteiger partial charge in [0, 0.05) is 9.86 Å². The molecule has 0 saturated heterocycles. The van der Waals surface area contributed by atoms with Crippen LogP contribution in [0.15, 0.2) is 57.9 Å². The molecule has 1 amide bonds. The second-order valence-electron chi connectivity index (χ2n) is 5.29. The van der Waals surface area contributed by atoms with Crippen LogP contribution in [-0.4, -0.2) is 15.7 Å². The Kier molecular flexibility index (Phi) is 4.61. The maximum atomic E-state index is 12.2. The summed E-state index contributed by atoms with van der Waals surface area (Å²) in [5.74, 6) is -0.272. The number of hydrogen-bond donors (Lipinski definition) is 2. The van der Waals surface area contributed by atoms with E-state index >= 15 is 0 Å². The Balaban J connectivity index is 1.76. The van der Waals surface area contributed by atoms with Crippen molar-refractivity contribution in [1.82, 2.24) is 15.2 Å². The van der Waals surface area contributed by atoms with Crippen LogP contribution < -0.4 is 16.3 Å². The van der Waals surface area contributed by atoms with Gasteiger partial charge in [0.1, 0.15) is 6.54 Å². The van der Waals surface area contributed by atoms with E-state index in [2.05, 4.69) is 31.9 Å². The molecule has 0 radical (unpaired) electrons. The van der Waals surface area contributed by atoms with Crippen LogP contribution in [0.2, 0.25) is 0 Å². The van der Waals surface area contributed by atoms with Gasteiger partial charge < -0.3 is 0 Å². The van der Waals surface area contributed by atoms with Crippen LogP contribution in [0.4, 0.5) is 5.69 Å². The number of aromatic nitrogens is 2. The van der Waals surface area contributed by atoms with E-state index in [0.717, 1.165) is 15.7 Å². The van der Waals surface area contributed by atoms with Crippen molar-refractivity contribution in [2.24, 2.45) is 0 Å². The van der Waals surface area contributed by atoms with Crippen molar-refractivity contribution < 1.29 is 4.79 Å². The molecule has 0 saturated carbocycles. The molecular weight excluding hydrogens is 372 g/mol. The minimum absolute atomic E-state index is 0.00268. The lowest BCUT2D eigenvalue weighted by Gasteiger charge is -2.14. The zero-order valence-electron chi connectivity index (χ0n) is 12.9. The highest BCUT2D eigenvalue weighted by Gasteiger charge is 2.09. The quantitative estimate of drug-likeness (QED) is 0.675. The number of nitrogens with one attached hydrogen (secondary N) is 2. The smallest absolute Gasteiger partial charge is 0.260 e. The maximum Gasteiger partial charge on any atom is 0.260 e. The standard InChI is InChI=1S/C17H15BrN4O2/c1-11-5-4-7-13(18)17(11)21-20-16(24)10-22-14-8-3-2-6-12(14)15(23)9-19-22/h2-9,21H,10H2,1H3,(H,20,24). The van der Waals surface area contributed by atoms with E-state index in [0.29, 0.717) is 10.9 Å². The maximum absolute atomic E-state index is 12.2. The Hall–Kier alpha value is -2.67. The minimum Gasteiger partial charge on any atom is -0.297 e. The number of anilines is 1. The summed E-state index contributed by atoms with van der Waals surface area (Å²) in [6, 6.07) is 12.8. The van der Waals surface area contributed by atoms with Crippen LogP contribution >= 0.6 is 15.9 Å². The summed E-state index contributed by atoms with van der Waals surface area (Å²) in [5, 5.41) is 4.58. The van der Waals surface area contributed by atoms with E-state index < -0.39 is 0 Å². The van der Waals surface area contributed by atoms with E-state index in [1.54, 1.807) is 24.3 Å². The van der Waals surface area contributed by atoms with Crippen LogP contribution in [0.1, 0.15) is 5.56 Å². The summed E-state index contributed by atoms with van der Waals surface area (Å²) in [7, 11) is 0. The normalized spacial score (nSPS) is 10.6. The first-order valence-electron chi connectivity index (χ1n) is 7.31. The Morgan fingerprint density at radius 1 is 1.21 bits per heavy atom. The summed E-state index contributed by atoms with van der Waals surface area (Å²) in [5.41, 5.74) is 7.81. The van der Waals surface area contributed by atoms with Gasteiger partial charge in [0.25, 0.3) is 5.91 Å². The number of hydrazine groups is 1. The van der Waals surface area contributed by atoms with Gasteiger partial charge >= 0.3 is 0 Å². The lowest BCUT2D eigenvalue weighted by atomic mass is 10.2. The summed E-state index contributed by atoms with van der Waals surface area (Å²) in [4.78, 5) is 24.0. The van der Waals surface area contributed by atoms with Gasteiger partial charge in [-0.3, -0.25) is 25.1 Å². The first-order valence-corrected chi connectivity index (χ1v) is 8.10. The predicted octanol–water partition coefficient (Wildman–Crippen LogP) is 2.61. The summed E-state index contributed by atoms with van der Waals surface area (Å²) >= 11 is 3.44. The number of aryl methyl sites for hydroxylation is 1. The van der Waals surface area contributed by atoms with Crippen LogP contribution in [0.25, 0.3) is 10.9 Å². The monoisotopic (exact) mass is 386 g/mol. The van der Waals surface area contributed by atoms with E-state index in [-0.39, 0.29) is 17.9 Å². The number of nitrogens with zero attached hydrogens (tertiary/aromatic N) is 2. The summed E-state index contributed by atoms with van der Waals surface area (Å²) in [6.07, 6.45) is 1.22. The lowest BCUT2D eigenvalue weighted by Crippen LogP contribution is -2.33. The Morgan fingerprint density at radius 2 is 2.00 bits per heavy atom. The first kappa shape index (κ1) is 16.2. The molecule has 2 aromatic carbocycles. The molecule has 0 aliphatic carbocycles. The Morgan fingerprint density at radius 3 is 2.79 bits per heavy atom. The van der Waals surface area contributed by atoms with Crippen molar-refractivity contribution in [2.75, 3.05) is 5.43 Å². The van der Waals surface area contributed by atoms with Gasteiger partial charge in [0.15, 0.2) is 0 Å². The molecule has 0 fully saturated rings. The highest BCUT2D eigenvalue weighted by Crippen LogP contribution is 2.24. The second-order valence-corrected chi connectivity index (χ2v) is 6.14. The van der Waals surface area contributed by atoms with Crippen LogP contribution in [0, 0.1) is 6.92 Å². The largest absolute Gasteiger partial charge is 0.297 e. The number of carbonyl (C=O) groups is 1. The number of amides is 1. The van der Waals surface area contributed by atoms with E-state index in [1.165, 1.54) is 10.9 Å². The summed E-state index contributed by atoms with van der Waals surface area (Å²) in [6.45, 7) is 1.94. The minimum atomic E-state index is -0.272. The molecule has 0 aliphatic heterocycles. The average Bonchev–Trinajstić information content (AvgIpc) is 2.57. The fraction of sp³-hybridized carbons (Fsp3) is 0.118. The molecule has 24 heavy (non-hydrogen) atoms. The fourth-order valence-electron chi connectivity index (χ4n) is 2.38. The molecule has 0 aliphatic rings. The van der Waals surface area contributed by atoms with E-state index in [1.807, 2.05) is 25.1 Å². The number of fused-ring (bicyclic) bond motifs is 1. The molecule has 1 heterocycles. The molecule has 3 aromatic rings. The van der Waals surface area contributed by atoms with Crippen LogP contribution in [0.3, 0.4) is 0 Å². The summed E-state index contributed by atoms with van der Waals surface area (Å²) < 4.78 is 2.36. The molecule has 0 atom stereocenters. The molecule has 6 nitrogen and oxygen atoms in total. The van der Waals surface area contributed by atoms with Crippen molar-refractivity contribution in [3.8, 4) is 0 Å². The van der Waals surface area contributed by atoms with E-state index in [9.17, 15) is 9.59 Å². The van der Waals surface area contributed by atoms with Gasteiger partial charge in [-0.25, -0.2) is 0 Å².